The predicted octanol–water partition coefficient (Wildman–Crippen LogP) is 3.73. The number of carbonyl (C=O) groups is 1. The molecule has 6 heteroatoms. The Bertz CT molecular complexity index is 680. The minimum atomic E-state index is 0.102. The van der Waals surface area contributed by atoms with Crippen LogP contribution >= 0.6 is 11.8 Å². The fraction of sp³-hybridized carbons (Fsp3) is 0.500. The van der Waals surface area contributed by atoms with Crippen molar-refractivity contribution in [3.8, 4) is 11.4 Å². The summed E-state index contributed by atoms with van der Waals surface area (Å²) in [6.45, 7) is 2.02. The molecule has 0 unspecified atom stereocenters. The highest BCUT2D eigenvalue weighted by Crippen LogP contribution is 2.21. The van der Waals surface area contributed by atoms with Crippen molar-refractivity contribution in [1.29, 1.82) is 0 Å². The standard InChI is InChI=1S/C18H23N3O2S/c1-13-7-5-6-10-15(13)18-20-17(23-21-18)12-24-11-16(22)19-14-8-3-2-4-9-14/h5-7,10,14H,2-4,8-9,11-12H2,1H3,(H,19,22). The highest BCUT2D eigenvalue weighted by atomic mass is 32.2. The van der Waals surface area contributed by atoms with E-state index in [1.807, 2.05) is 31.2 Å². The van der Waals surface area contributed by atoms with Gasteiger partial charge in [0.05, 0.1) is 11.5 Å². The molecule has 1 heterocycles. The van der Waals surface area contributed by atoms with E-state index in [1.54, 1.807) is 0 Å². The largest absolute Gasteiger partial charge is 0.353 e. The lowest BCUT2D eigenvalue weighted by Gasteiger charge is -2.22. The molecule has 2 aromatic rings. The first-order valence-electron chi connectivity index (χ1n) is 8.48. The Balaban J connectivity index is 1.45. The van der Waals surface area contributed by atoms with Crippen LogP contribution < -0.4 is 5.32 Å². The Kier molecular flexibility index (Phi) is 5.91. The van der Waals surface area contributed by atoms with Crippen molar-refractivity contribution in [2.45, 2.75) is 50.8 Å². The van der Waals surface area contributed by atoms with Gasteiger partial charge in [-0.15, -0.1) is 11.8 Å². The molecule has 24 heavy (non-hydrogen) atoms. The highest BCUT2D eigenvalue weighted by Gasteiger charge is 2.16. The van der Waals surface area contributed by atoms with E-state index in [0.717, 1.165) is 24.0 Å². The number of rotatable bonds is 6. The predicted molar refractivity (Wildman–Crippen MR) is 95.6 cm³/mol. The number of nitrogens with one attached hydrogen (secondary N) is 1. The number of thioether (sulfide) groups is 1. The zero-order chi connectivity index (χ0) is 16.8. The van der Waals surface area contributed by atoms with E-state index >= 15 is 0 Å². The molecule has 0 saturated heterocycles. The van der Waals surface area contributed by atoms with E-state index in [1.165, 1.54) is 31.0 Å². The minimum Gasteiger partial charge on any atom is -0.353 e. The molecule has 1 amide bonds. The third-order valence-corrected chi connectivity index (χ3v) is 5.20. The van der Waals surface area contributed by atoms with Crippen LogP contribution in [-0.4, -0.2) is 27.8 Å². The van der Waals surface area contributed by atoms with Crippen LogP contribution in [0, 0.1) is 6.92 Å². The summed E-state index contributed by atoms with van der Waals surface area (Å²) in [5.74, 6) is 2.25. The van der Waals surface area contributed by atoms with E-state index in [0.29, 0.717) is 29.3 Å². The summed E-state index contributed by atoms with van der Waals surface area (Å²) in [4.78, 5) is 16.4. The van der Waals surface area contributed by atoms with Crippen molar-refractivity contribution >= 4 is 17.7 Å². The smallest absolute Gasteiger partial charge is 0.236 e. The van der Waals surface area contributed by atoms with Gasteiger partial charge in [-0.1, -0.05) is 48.7 Å². The zero-order valence-electron chi connectivity index (χ0n) is 14.0. The molecule has 1 aromatic heterocycles. The lowest BCUT2D eigenvalue weighted by molar-refractivity contribution is -0.119. The number of aromatic nitrogens is 2. The third-order valence-electron chi connectivity index (χ3n) is 4.28. The molecule has 1 aliphatic carbocycles. The summed E-state index contributed by atoms with van der Waals surface area (Å²) in [6.07, 6.45) is 5.96. The van der Waals surface area contributed by atoms with Gasteiger partial charge in [-0.05, 0) is 25.3 Å². The normalized spacial score (nSPS) is 15.4. The third kappa shape index (κ3) is 4.60. The van der Waals surface area contributed by atoms with Gasteiger partial charge < -0.3 is 9.84 Å². The van der Waals surface area contributed by atoms with Gasteiger partial charge in [0.15, 0.2) is 0 Å². The van der Waals surface area contributed by atoms with Crippen molar-refractivity contribution in [1.82, 2.24) is 15.5 Å². The lowest BCUT2D eigenvalue weighted by atomic mass is 9.95. The molecule has 0 spiro atoms. The van der Waals surface area contributed by atoms with Crippen LogP contribution in [-0.2, 0) is 10.5 Å². The van der Waals surface area contributed by atoms with Crippen LogP contribution in [0.15, 0.2) is 28.8 Å². The van der Waals surface area contributed by atoms with Crippen molar-refractivity contribution in [3.05, 3.63) is 35.7 Å². The molecule has 1 aromatic carbocycles. The second kappa shape index (κ2) is 8.33. The fourth-order valence-electron chi connectivity index (χ4n) is 2.99. The van der Waals surface area contributed by atoms with E-state index in [4.69, 9.17) is 4.52 Å². The number of carbonyl (C=O) groups excluding carboxylic acids is 1. The fourth-order valence-corrected chi connectivity index (χ4v) is 3.66. The second-order valence-electron chi connectivity index (χ2n) is 6.22. The summed E-state index contributed by atoms with van der Waals surface area (Å²) in [5, 5.41) is 7.16. The Labute approximate surface area is 146 Å². The van der Waals surface area contributed by atoms with Gasteiger partial charge in [-0.2, -0.15) is 4.98 Å². The number of benzene rings is 1. The van der Waals surface area contributed by atoms with Crippen LogP contribution in [0.3, 0.4) is 0 Å². The number of hydrogen-bond acceptors (Lipinski definition) is 5. The maximum Gasteiger partial charge on any atom is 0.236 e. The monoisotopic (exact) mass is 345 g/mol. The molecule has 5 nitrogen and oxygen atoms in total. The molecule has 0 atom stereocenters. The van der Waals surface area contributed by atoms with E-state index in [-0.39, 0.29) is 5.91 Å². The van der Waals surface area contributed by atoms with Crippen LogP contribution in [0.1, 0.15) is 43.6 Å². The average Bonchev–Trinajstić information content (AvgIpc) is 3.05. The minimum absolute atomic E-state index is 0.102. The molecule has 1 saturated carbocycles. The highest BCUT2D eigenvalue weighted by molar-refractivity contribution is 7.99. The van der Waals surface area contributed by atoms with Crippen molar-refractivity contribution in [2.24, 2.45) is 0 Å². The summed E-state index contributed by atoms with van der Waals surface area (Å²) < 4.78 is 5.29. The summed E-state index contributed by atoms with van der Waals surface area (Å²) in [5.41, 5.74) is 2.09. The average molecular weight is 345 g/mol. The maximum absolute atomic E-state index is 12.0. The molecule has 128 valence electrons. The van der Waals surface area contributed by atoms with E-state index in [2.05, 4.69) is 15.5 Å². The van der Waals surface area contributed by atoms with Crippen molar-refractivity contribution < 1.29 is 9.32 Å². The summed E-state index contributed by atoms with van der Waals surface area (Å²) >= 11 is 1.51. The Morgan fingerprint density at radius 2 is 2.08 bits per heavy atom. The van der Waals surface area contributed by atoms with Crippen LogP contribution in [0.25, 0.3) is 11.4 Å². The summed E-state index contributed by atoms with van der Waals surface area (Å²) in [7, 11) is 0. The lowest BCUT2D eigenvalue weighted by Crippen LogP contribution is -2.37. The van der Waals surface area contributed by atoms with Crippen LogP contribution in [0.5, 0.6) is 0 Å². The second-order valence-corrected chi connectivity index (χ2v) is 7.21. The summed E-state index contributed by atoms with van der Waals surface area (Å²) in [6, 6.07) is 8.32. The number of nitrogens with zero attached hydrogens (tertiary/aromatic N) is 2. The molecule has 1 aliphatic rings. The number of amides is 1. The maximum atomic E-state index is 12.0. The topological polar surface area (TPSA) is 68.0 Å². The molecular weight excluding hydrogens is 322 g/mol. The van der Waals surface area contributed by atoms with Gasteiger partial charge in [-0.25, -0.2) is 0 Å². The molecular formula is C18H23N3O2S. The first-order chi connectivity index (χ1) is 11.7. The van der Waals surface area contributed by atoms with Crippen LogP contribution in [0.4, 0.5) is 0 Å². The molecule has 0 radical (unpaired) electrons. The molecule has 3 rings (SSSR count). The molecule has 1 fully saturated rings. The Hall–Kier alpha value is -1.82. The first-order valence-corrected chi connectivity index (χ1v) is 9.63. The van der Waals surface area contributed by atoms with E-state index in [9.17, 15) is 4.79 Å². The van der Waals surface area contributed by atoms with Crippen LogP contribution in [0.2, 0.25) is 0 Å². The quantitative estimate of drug-likeness (QED) is 0.864. The van der Waals surface area contributed by atoms with Gasteiger partial charge in [0.2, 0.25) is 17.6 Å². The SMILES string of the molecule is Cc1ccccc1-c1noc(CSCC(=O)NC2CCCCC2)n1. The van der Waals surface area contributed by atoms with E-state index < -0.39 is 0 Å². The number of aryl methyl sites for hydroxylation is 1. The van der Waals surface area contributed by atoms with Gasteiger partial charge in [0.1, 0.15) is 0 Å². The Morgan fingerprint density at radius 3 is 2.88 bits per heavy atom. The van der Waals surface area contributed by atoms with Crippen molar-refractivity contribution in [2.75, 3.05) is 5.75 Å². The van der Waals surface area contributed by atoms with Gasteiger partial charge in [0, 0.05) is 11.6 Å². The van der Waals surface area contributed by atoms with Gasteiger partial charge in [0.25, 0.3) is 0 Å². The molecule has 0 bridgehead atoms. The number of hydrogen-bond donors (Lipinski definition) is 1. The van der Waals surface area contributed by atoms with Crippen molar-refractivity contribution in [3.63, 3.8) is 0 Å². The zero-order valence-corrected chi connectivity index (χ0v) is 14.8. The molecule has 1 N–H and O–H groups in total. The van der Waals surface area contributed by atoms with Gasteiger partial charge in [-0.3, -0.25) is 4.79 Å². The molecule has 0 aliphatic heterocycles. The Morgan fingerprint density at radius 1 is 1.29 bits per heavy atom. The van der Waals surface area contributed by atoms with Gasteiger partial charge >= 0.3 is 0 Å². The first kappa shape index (κ1) is 17.0.